The van der Waals surface area contributed by atoms with E-state index in [2.05, 4.69) is 47.8 Å². The van der Waals surface area contributed by atoms with Gasteiger partial charge in [-0.1, -0.05) is 55.3 Å². The second kappa shape index (κ2) is 10.3. The highest BCUT2D eigenvalue weighted by Crippen LogP contribution is 2.43. The quantitative estimate of drug-likeness (QED) is 0.492. The Hall–Kier alpha value is -2.63. The number of aliphatic hydroxyl groups is 1. The third-order valence-electron chi connectivity index (χ3n) is 7.53. The number of hydrogen-bond donors (Lipinski definition) is 2. The van der Waals surface area contributed by atoms with Crippen molar-refractivity contribution in [2.45, 2.75) is 70.1 Å². The van der Waals surface area contributed by atoms with E-state index in [4.69, 9.17) is 9.47 Å². The van der Waals surface area contributed by atoms with Gasteiger partial charge in [0.05, 0.1) is 0 Å². The van der Waals surface area contributed by atoms with E-state index in [1.807, 2.05) is 13.0 Å². The second-order valence-electron chi connectivity index (χ2n) is 9.73. The van der Waals surface area contributed by atoms with Crippen molar-refractivity contribution in [1.29, 1.82) is 0 Å². The smallest absolute Gasteiger partial charge is 0.286 e. The van der Waals surface area contributed by atoms with E-state index in [0.717, 1.165) is 38.5 Å². The van der Waals surface area contributed by atoms with Gasteiger partial charge in [0, 0.05) is 31.1 Å². The number of allylic oxidation sites excluding steroid dienone is 1. The number of carbonyl (C=O) groups is 1. The summed E-state index contributed by atoms with van der Waals surface area (Å²) >= 11 is 0. The number of ether oxygens (including phenoxy) is 2. The molecule has 0 bridgehead atoms. The van der Waals surface area contributed by atoms with Crippen molar-refractivity contribution in [3.05, 3.63) is 71.0 Å². The molecule has 2 N–H and O–H groups in total. The van der Waals surface area contributed by atoms with Gasteiger partial charge in [-0.05, 0) is 72.9 Å². The number of amides is 1. The molecule has 180 valence electrons. The lowest BCUT2D eigenvalue weighted by Crippen LogP contribution is -2.41. The first kappa shape index (κ1) is 23.1. The summed E-state index contributed by atoms with van der Waals surface area (Å²) in [6, 6.07) is 15.5. The van der Waals surface area contributed by atoms with Gasteiger partial charge in [-0.3, -0.25) is 4.79 Å². The first-order valence-corrected chi connectivity index (χ1v) is 12.8. The first-order chi connectivity index (χ1) is 16.7. The fraction of sp³-hybridized carbons (Fsp3) is 0.483. The van der Waals surface area contributed by atoms with Crippen molar-refractivity contribution in [1.82, 2.24) is 5.32 Å². The monoisotopic (exact) mass is 461 g/mol. The number of hydrogen-bond acceptors (Lipinski definition) is 4. The molecule has 0 spiro atoms. The summed E-state index contributed by atoms with van der Waals surface area (Å²) < 4.78 is 12.2. The molecule has 3 atom stereocenters. The van der Waals surface area contributed by atoms with Gasteiger partial charge in [0.25, 0.3) is 5.91 Å². The van der Waals surface area contributed by atoms with Gasteiger partial charge in [0.2, 0.25) is 6.29 Å². The average molecular weight is 462 g/mol. The number of benzene rings is 2. The fourth-order valence-electron chi connectivity index (χ4n) is 5.84. The van der Waals surface area contributed by atoms with E-state index in [1.165, 1.54) is 27.8 Å². The van der Waals surface area contributed by atoms with Crippen molar-refractivity contribution in [3.8, 4) is 11.1 Å². The zero-order valence-electron chi connectivity index (χ0n) is 20.0. The molecule has 1 heterocycles. The molecule has 5 nitrogen and oxygen atoms in total. The van der Waals surface area contributed by atoms with E-state index in [9.17, 15) is 9.90 Å². The van der Waals surface area contributed by atoms with Crippen LogP contribution in [0.2, 0.25) is 0 Å². The Morgan fingerprint density at radius 2 is 1.91 bits per heavy atom. The maximum atomic E-state index is 13.1. The van der Waals surface area contributed by atoms with Crippen LogP contribution >= 0.6 is 0 Å². The van der Waals surface area contributed by atoms with Crippen LogP contribution in [0.15, 0.2) is 54.3 Å². The summed E-state index contributed by atoms with van der Waals surface area (Å²) in [4.78, 5) is 13.1. The standard InChI is InChI=1S/C29H35NO4/c1-2-33-29-25(12-7-15-31)26(18-27(34-29)28(32)30-22-9-4-5-10-22)20-13-14-24-21(17-20)16-19-8-3-6-11-23(19)24/h3,6,8,11,13-14,17-18,22,25-26,29,31H,2,4-5,7,9-10,12,15-16H2,1H3,(H,30,32)/t25-,26-,29-/m1/s1. The zero-order valence-corrected chi connectivity index (χ0v) is 20.0. The van der Waals surface area contributed by atoms with Crippen LogP contribution in [0, 0.1) is 5.92 Å². The van der Waals surface area contributed by atoms with Crippen molar-refractivity contribution in [2.75, 3.05) is 13.2 Å². The average Bonchev–Trinajstić information content (AvgIpc) is 3.50. The van der Waals surface area contributed by atoms with E-state index in [-0.39, 0.29) is 30.4 Å². The molecule has 1 fully saturated rings. The van der Waals surface area contributed by atoms with Crippen molar-refractivity contribution in [3.63, 3.8) is 0 Å². The van der Waals surface area contributed by atoms with Gasteiger partial charge in [0.15, 0.2) is 5.76 Å². The van der Waals surface area contributed by atoms with E-state index in [0.29, 0.717) is 18.8 Å². The molecule has 34 heavy (non-hydrogen) atoms. The fourth-order valence-corrected chi connectivity index (χ4v) is 5.84. The Balaban J connectivity index is 1.48. The van der Waals surface area contributed by atoms with Crippen molar-refractivity contribution in [2.24, 2.45) is 5.92 Å². The third kappa shape index (κ3) is 4.64. The molecular weight excluding hydrogens is 426 g/mol. The second-order valence-corrected chi connectivity index (χ2v) is 9.73. The van der Waals surface area contributed by atoms with Gasteiger partial charge < -0.3 is 19.9 Å². The molecule has 0 aromatic heterocycles. The summed E-state index contributed by atoms with van der Waals surface area (Å²) in [5, 5.41) is 12.7. The van der Waals surface area contributed by atoms with Gasteiger partial charge in [-0.25, -0.2) is 0 Å². The van der Waals surface area contributed by atoms with Crippen LogP contribution in [-0.4, -0.2) is 36.6 Å². The molecular formula is C29H35NO4. The van der Waals surface area contributed by atoms with Gasteiger partial charge in [-0.2, -0.15) is 0 Å². The maximum absolute atomic E-state index is 13.1. The van der Waals surface area contributed by atoms with Crippen LogP contribution in [0.4, 0.5) is 0 Å². The Kier molecular flexibility index (Phi) is 7.02. The largest absolute Gasteiger partial charge is 0.459 e. The van der Waals surface area contributed by atoms with Crippen molar-refractivity contribution < 1.29 is 19.4 Å². The molecule has 0 saturated heterocycles. The molecule has 2 aromatic rings. The molecule has 1 saturated carbocycles. The Morgan fingerprint density at radius 3 is 2.71 bits per heavy atom. The molecule has 3 aliphatic rings. The van der Waals surface area contributed by atoms with E-state index >= 15 is 0 Å². The predicted octanol–water partition coefficient (Wildman–Crippen LogP) is 5.07. The summed E-state index contributed by atoms with van der Waals surface area (Å²) in [6.45, 7) is 2.58. The van der Waals surface area contributed by atoms with Crippen LogP contribution in [0.5, 0.6) is 0 Å². The number of carbonyl (C=O) groups excluding carboxylic acids is 1. The highest BCUT2D eigenvalue weighted by Gasteiger charge is 2.38. The lowest BCUT2D eigenvalue weighted by Gasteiger charge is -2.37. The number of rotatable bonds is 8. The molecule has 2 aromatic carbocycles. The Labute approximate surface area is 202 Å². The summed E-state index contributed by atoms with van der Waals surface area (Å²) in [5.74, 6) is 0.224. The van der Waals surface area contributed by atoms with E-state index in [1.54, 1.807) is 0 Å². The first-order valence-electron chi connectivity index (χ1n) is 12.8. The zero-order chi connectivity index (χ0) is 23.5. The third-order valence-corrected chi connectivity index (χ3v) is 7.53. The lowest BCUT2D eigenvalue weighted by molar-refractivity contribution is -0.166. The Bertz CT molecular complexity index is 1060. The summed E-state index contributed by atoms with van der Waals surface area (Å²) in [5.41, 5.74) is 6.46. The molecule has 2 aliphatic carbocycles. The Morgan fingerprint density at radius 1 is 1.12 bits per heavy atom. The van der Waals surface area contributed by atoms with Crippen LogP contribution in [0.1, 0.15) is 68.1 Å². The topological polar surface area (TPSA) is 67.8 Å². The van der Waals surface area contributed by atoms with E-state index < -0.39 is 6.29 Å². The number of nitrogens with one attached hydrogen (secondary N) is 1. The molecule has 0 unspecified atom stereocenters. The van der Waals surface area contributed by atoms with Gasteiger partial charge >= 0.3 is 0 Å². The summed E-state index contributed by atoms with van der Waals surface area (Å²) in [7, 11) is 0. The highest BCUT2D eigenvalue weighted by molar-refractivity contribution is 5.92. The predicted molar refractivity (Wildman–Crippen MR) is 132 cm³/mol. The number of fused-ring (bicyclic) bond motifs is 3. The maximum Gasteiger partial charge on any atom is 0.286 e. The SMILES string of the molecule is CCO[C@@H]1OC(C(=O)NC2CCCC2)=C[C@H](c2ccc3c(c2)Cc2ccccc2-3)[C@H]1CCCO. The van der Waals surface area contributed by atoms with Crippen LogP contribution < -0.4 is 5.32 Å². The minimum absolute atomic E-state index is 0.0183. The van der Waals surface area contributed by atoms with Gasteiger partial charge in [-0.15, -0.1) is 0 Å². The lowest BCUT2D eigenvalue weighted by atomic mass is 9.80. The highest BCUT2D eigenvalue weighted by atomic mass is 16.7. The molecule has 0 radical (unpaired) electrons. The minimum atomic E-state index is -0.513. The van der Waals surface area contributed by atoms with Crippen LogP contribution in [0.3, 0.4) is 0 Å². The normalized spacial score (nSPS) is 23.7. The molecule has 1 aliphatic heterocycles. The molecule has 5 rings (SSSR count). The van der Waals surface area contributed by atoms with Gasteiger partial charge in [0.1, 0.15) is 0 Å². The van der Waals surface area contributed by atoms with Crippen LogP contribution in [-0.2, 0) is 20.7 Å². The van der Waals surface area contributed by atoms with Crippen molar-refractivity contribution >= 4 is 5.91 Å². The minimum Gasteiger partial charge on any atom is -0.459 e. The number of aliphatic hydroxyl groups excluding tert-OH is 1. The molecule has 1 amide bonds. The van der Waals surface area contributed by atoms with Crippen LogP contribution in [0.25, 0.3) is 11.1 Å². The molecule has 5 heteroatoms. The summed E-state index contributed by atoms with van der Waals surface area (Å²) in [6.07, 6.45) is 8.22.